The van der Waals surface area contributed by atoms with Gasteiger partial charge in [-0.1, -0.05) is 0 Å². The average molecular weight is 220 g/mol. The second kappa shape index (κ2) is 4.16. The van der Waals surface area contributed by atoms with Crippen LogP contribution in [0.4, 0.5) is 13.2 Å². The molecule has 1 aromatic rings. The van der Waals surface area contributed by atoms with Gasteiger partial charge < -0.3 is 14.6 Å². The predicted molar refractivity (Wildman–Crippen MR) is 39.6 cm³/mol. The minimum Gasteiger partial charge on any atom is -0.550 e. The molecule has 0 fully saturated rings. The zero-order chi connectivity index (χ0) is 11.5. The van der Waals surface area contributed by atoms with Crippen LogP contribution < -0.4 is 9.84 Å². The highest BCUT2D eigenvalue weighted by Crippen LogP contribution is 2.21. The van der Waals surface area contributed by atoms with Crippen LogP contribution in [-0.2, 0) is 11.2 Å². The summed E-state index contributed by atoms with van der Waals surface area (Å²) in [5, 5.41) is 10.1. The molecule has 0 N–H and O–H groups in total. The van der Waals surface area contributed by atoms with Crippen LogP contribution in [0, 0.1) is 0 Å². The minimum absolute atomic E-state index is 0.101. The Labute approximate surface area is 82.3 Å². The number of rotatable bonds is 3. The SMILES string of the molecule is O=C([O-])Cc1ccc(OC(F)(F)F)cn1. The Morgan fingerprint density at radius 2 is 2.13 bits per heavy atom. The lowest BCUT2D eigenvalue weighted by molar-refractivity contribution is -0.304. The third kappa shape index (κ3) is 4.30. The number of carbonyl (C=O) groups is 1. The average Bonchev–Trinajstić information content (AvgIpc) is 2.05. The number of aromatic nitrogens is 1. The van der Waals surface area contributed by atoms with Gasteiger partial charge in [0, 0.05) is 18.1 Å². The molecule has 0 saturated heterocycles. The fourth-order valence-corrected chi connectivity index (χ4v) is 0.857. The van der Waals surface area contributed by atoms with E-state index in [1.807, 2.05) is 0 Å². The number of carbonyl (C=O) groups excluding carboxylic acids is 1. The Bertz CT molecular complexity index is 347. The van der Waals surface area contributed by atoms with E-state index in [1.54, 1.807) is 0 Å². The summed E-state index contributed by atoms with van der Waals surface area (Å²) in [6.07, 6.45) is -4.43. The monoisotopic (exact) mass is 220 g/mol. The molecule has 0 unspecified atom stereocenters. The summed E-state index contributed by atoms with van der Waals surface area (Å²) in [6, 6.07) is 2.11. The molecule has 7 heteroatoms. The number of pyridine rings is 1. The fraction of sp³-hybridized carbons (Fsp3) is 0.250. The summed E-state index contributed by atoms with van der Waals surface area (Å²) in [5.41, 5.74) is 0.101. The van der Waals surface area contributed by atoms with Crippen molar-refractivity contribution in [1.29, 1.82) is 0 Å². The zero-order valence-corrected chi connectivity index (χ0v) is 7.25. The van der Waals surface area contributed by atoms with Gasteiger partial charge in [-0.05, 0) is 12.1 Å². The van der Waals surface area contributed by atoms with Gasteiger partial charge in [0.2, 0.25) is 0 Å². The highest BCUT2D eigenvalue weighted by molar-refractivity contribution is 5.67. The summed E-state index contributed by atoms with van der Waals surface area (Å²) >= 11 is 0. The van der Waals surface area contributed by atoms with E-state index in [4.69, 9.17) is 0 Å². The lowest BCUT2D eigenvalue weighted by Gasteiger charge is -2.08. The Morgan fingerprint density at radius 1 is 1.47 bits per heavy atom. The normalized spacial score (nSPS) is 11.1. The lowest BCUT2D eigenvalue weighted by atomic mass is 10.3. The molecule has 4 nitrogen and oxygen atoms in total. The summed E-state index contributed by atoms with van der Waals surface area (Å²) in [6.45, 7) is 0. The quantitative estimate of drug-likeness (QED) is 0.733. The minimum atomic E-state index is -4.78. The Hall–Kier alpha value is -1.79. The molecule has 0 bridgehead atoms. The van der Waals surface area contributed by atoms with Gasteiger partial charge in [-0.3, -0.25) is 4.98 Å². The van der Waals surface area contributed by atoms with Gasteiger partial charge in [0.05, 0.1) is 6.20 Å². The van der Waals surface area contributed by atoms with Gasteiger partial charge in [-0.15, -0.1) is 13.2 Å². The topological polar surface area (TPSA) is 62.2 Å². The molecule has 0 atom stereocenters. The number of aliphatic carboxylic acids is 1. The number of ether oxygens (including phenoxy) is 1. The number of halogens is 3. The van der Waals surface area contributed by atoms with Crippen LogP contribution in [-0.4, -0.2) is 17.3 Å². The van der Waals surface area contributed by atoms with Crippen molar-refractivity contribution in [2.75, 3.05) is 0 Å². The van der Waals surface area contributed by atoms with E-state index < -0.39 is 24.5 Å². The molecule has 0 aliphatic carbocycles. The van der Waals surface area contributed by atoms with Crippen LogP contribution in [0.5, 0.6) is 5.75 Å². The third-order valence-corrected chi connectivity index (χ3v) is 1.36. The van der Waals surface area contributed by atoms with Gasteiger partial charge >= 0.3 is 6.36 Å². The van der Waals surface area contributed by atoms with E-state index in [-0.39, 0.29) is 5.69 Å². The van der Waals surface area contributed by atoms with E-state index in [0.717, 1.165) is 18.3 Å². The molecule has 0 spiro atoms. The molecule has 15 heavy (non-hydrogen) atoms. The van der Waals surface area contributed by atoms with Crippen molar-refractivity contribution in [2.45, 2.75) is 12.8 Å². The molecular formula is C8H5F3NO3-. The molecular weight excluding hydrogens is 215 g/mol. The van der Waals surface area contributed by atoms with Crippen LogP contribution in [0.3, 0.4) is 0 Å². The smallest absolute Gasteiger partial charge is 0.550 e. The fourth-order valence-electron chi connectivity index (χ4n) is 0.857. The Kier molecular flexibility index (Phi) is 3.13. The summed E-state index contributed by atoms with van der Waals surface area (Å²) in [5.74, 6) is -1.85. The number of nitrogens with zero attached hydrogens (tertiary/aromatic N) is 1. The van der Waals surface area contributed by atoms with Crippen molar-refractivity contribution in [1.82, 2.24) is 4.98 Å². The number of hydrogen-bond acceptors (Lipinski definition) is 4. The van der Waals surface area contributed by atoms with Gasteiger partial charge in [0.25, 0.3) is 0 Å². The summed E-state index contributed by atoms with van der Waals surface area (Å²) in [4.78, 5) is 13.6. The molecule has 0 aromatic carbocycles. The first-order valence-corrected chi connectivity index (χ1v) is 3.77. The first-order valence-electron chi connectivity index (χ1n) is 3.77. The lowest BCUT2D eigenvalue weighted by Crippen LogP contribution is -2.24. The second-order valence-corrected chi connectivity index (χ2v) is 2.58. The molecule has 1 aromatic heterocycles. The van der Waals surface area contributed by atoms with Gasteiger partial charge in [0.1, 0.15) is 5.75 Å². The van der Waals surface area contributed by atoms with E-state index in [2.05, 4.69) is 9.72 Å². The van der Waals surface area contributed by atoms with Crippen molar-refractivity contribution in [3.05, 3.63) is 24.0 Å². The maximum Gasteiger partial charge on any atom is 0.573 e. The molecule has 0 saturated carbocycles. The van der Waals surface area contributed by atoms with Gasteiger partial charge in [-0.2, -0.15) is 0 Å². The Balaban J connectivity index is 2.68. The van der Waals surface area contributed by atoms with Gasteiger partial charge in [-0.25, -0.2) is 0 Å². The van der Waals surface area contributed by atoms with E-state index in [0.29, 0.717) is 0 Å². The number of hydrogen-bond donors (Lipinski definition) is 0. The molecule has 0 aliphatic rings. The van der Waals surface area contributed by atoms with Crippen molar-refractivity contribution >= 4 is 5.97 Å². The highest BCUT2D eigenvalue weighted by atomic mass is 19.4. The molecule has 0 aliphatic heterocycles. The Morgan fingerprint density at radius 3 is 2.53 bits per heavy atom. The van der Waals surface area contributed by atoms with Crippen molar-refractivity contribution in [3.63, 3.8) is 0 Å². The number of carboxylic acids is 1. The van der Waals surface area contributed by atoms with Crippen LogP contribution in [0.1, 0.15) is 5.69 Å². The van der Waals surface area contributed by atoms with E-state index >= 15 is 0 Å². The van der Waals surface area contributed by atoms with Gasteiger partial charge in [0.15, 0.2) is 0 Å². The summed E-state index contributed by atoms with van der Waals surface area (Å²) in [7, 11) is 0. The van der Waals surface area contributed by atoms with E-state index in [1.165, 1.54) is 0 Å². The van der Waals surface area contributed by atoms with Crippen molar-refractivity contribution < 1.29 is 27.8 Å². The van der Waals surface area contributed by atoms with Crippen molar-refractivity contribution in [3.8, 4) is 5.75 Å². The molecule has 1 heterocycles. The second-order valence-electron chi connectivity index (χ2n) is 2.58. The summed E-state index contributed by atoms with van der Waals surface area (Å²) < 4.78 is 38.6. The third-order valence-electron chi connectivity index (χ3n) is 1.36. The molecule has 0 amide bonds. The maximum atomic E-state index is 11.7. The maximum absolute atomic E-state index is 11.7. The zero-order valence-electron chi connectivity index (χ0n) is 7.25. The first-order chi connectivity index (χ1) is 6.87. The molecule has 0 radical (unpaired) electrons. The highest BCUT2D eigenvalue weighted by Gasteiger charge is 2.31. The van der Waals surface area contributed by atoms with Crippen LogP contribution in [0.25, 0.3) is 0 Å². The van der Waals surface area contributed by atoms with E-state index in [9.17, 15) is 23.1 Å². The molecule has 1 rings (SSSR count). The molecule has 82 valence electrons. The largest absolute Gasteiger partial charge is 0.573 e. The van der Waals surface area contributed by atoms with Crippen molar-refractivity contribution in [2.24, 2.45) is 0 Å². The predicted octanol–water partition coefficient (Wildman–Crippen LogP) is 0.273. The van der Waals surface area contributed by atoms with Crippen LogP contribution in [0.15, 0.2) is 18.3 Å². The van der Waals surface area contributed by atoms with Crippen LogP contribution >= 0.6 is 0 Å². The number of alkyl halides is 3. The van der Waals surface area contributed by atoms with Crippen LogP contribution in [0.2, 0.25) is 0 Å². The standard InChI is InChI=1S/C8H6F3NO3/c9-8(10,11)15-6-2-1-5(12-4-6)3-7(13)14/h1-2,4H,3H2,(H,13,14)/p-1. The number of carboxylic acid groups (broad SMARTS) is 1. The first kappa shape index (κ1) is 11.3.